The smallest absolute Gasteiger partial charge is 0.340 e. The highest BCUT2D eigenvalue weighted by Crippen LogP contribution is 2.25. The highest BCUT2D eigenvalue weighted by atomic mass is 16.5. The molecule has 6 nitrogen and oxygen atoms in total. The zero-order chi connectivity index (χ0) is 17.5. The number of ether oxygens (including phenoxy) is 3. The van der Waals surface area contributed by atoms with Crippen molar-refractivity contribution in [3.8, 4) is 11.5 Å². The van der Waals surface area contributed by atoms with Gasteiger partial charge >= 0.3 is 11.9 Å². The first-order valence-electron chi connectivity index (χ1n) is 7.36. The molecule has 0 heterocycles. The standard InChI is InChI=1S/C18H18O6/c1-3-23-18(21)14-5-4-6-15(16(14)17(19)20)24-11-12-7-9-13(22-2)10-8-12/h4-10H,3,11H2,1-2H3,(H,19,20). The number of carbonyl (C=O) groups is 2. The van der Waals surface area contributed by atoms with Crippen molar-refractivity contribution >= 4 is 11.9 Å². The fraction of sp³-hybridized carbons (Fsp3) is 0.222. The van der Waals surface area contributed by atoms with Crippen LogP contribution in [0.3, 0.4) is 0 Å². The van der Waals surface area contributed by atoms with E-state index in [0.29, 0.717) is 5.75 Å². The molecule has 2 aromatic rings. The third-order valence-corrected chi connectivity index (χ3v) is 3.29. The van der Waals surface area contributed by atoms with Crippen molar-refractivity contribution in [3.05, 3.63) is 59.2 Å². The molecule has 6 heteroatoms. The summed E-state index contributed by atoms with van der Waals surface area (Å²) in [6.45, 7) is 1.98. The molecule has 0 aromatic heterocycles. The Bertz CT molecular complexity index is 721. The summed E-state index contributed by atoms with van der Waals surface area (Å²) in [6.07, 6.45) is 0. The quantitative estimate of drug-likeness (QED) is 0.785. The van der Waals surface area contributed by atoms with Crippen molar-refractivity contribution in [2.75, 3.05) is 13.7 Å². The molecule has 0 aliphatic heterocycles. The van der Waals surface area contributed by atoms with Crippen LogP contribution in [-0.2, 0) is 11.3 Å². The Balaban J connectivity index is 2.24. The van der Waals surface area contributed by atoms with Gasteiger partial charge in [-0.05, 0) is 36.8 Å². The van der Waals surface area contributed by atoms with E-state index in [9.17, 15) is 14.7 Å². The molecule has 0 unspecified atom stereocenters. The normalized spacial score (nSPS) is 10.1. The van der Waals surface area contributed by atoms with Crippen LogP contribution < -0.4 is 9.47 Å². The molecule has 0 fully saturated rings. The van der Waals surface area contributed by atoms with Crippen LogP contribution in [-0.4, -0.2) is 30.8 Å². The van der Waals surface area contributed by atoms with E-state index in [4.69, 9.17) is 14.2 Å². The van der Waals surface area contributed by atoms with E-state index in [2.05, 4.69) is 0 Å². The third-order valence-electron chi connectivity index (χ3n) is 3.29. The maximum absolute atomic E-state index is 11.9. The van der Waals surface area contributed by atoms with Gasteiger partial charge in [-0.3, -0.25) is 0 Å². The number of aromatic carboxylic acids is 1. The van der Waals surface area contributed by atoms with Crippen molar-refractivity contribution < 1.29 is 28.9 Å². The van der Waals surface area contributed by atoms with Crippen molar-refractivity contribution in [1.82, 2.24) is 0 Å². The van der Waals surface area contributed by atoms with Crippen molar-refractivity contribution in [2.45, 2.75) is 13.5 Å². The zero-order valence-corrected chi connectivity index (χ0v) is 13.4. The monoisotopic (exact) mass is 330 g/mol. The summed E-state index contributed by atoms with van der Waals surface area (Å²) in [6, 6.07) is 11.7. The lowest BCUT2D eigenvalue weighted by Crippen LogP contribution is -2.13. The first kappa shape index (κ1) is 17.3. The van der Waals surface area contributed by atoms with E-state index in [0.717, 1.165) is 5.56 Å². The molecule has 0 atom stereocenters. The van der Waals surface area contributed by atoms with Crippen molar-refractivity contribution in [1.29, 1.82) is 0 Å². The highest BCUT2D eigenvalue weighted by molar-refractivity contribution is 6.04. The molecule has 24 heavy (non-hydrogen) atoms. The van der Waals surface area contributed by atoms with Gasteiger partial charge in [0.15, 0.2) is 0 Å². The second-order valence-corrected chi connectivity index (χ2v) is 4.84. The fourth-order valence-corrected chi connectivity index (χ4v) is 2.13. The van der Waals surface area contributed by atoms with Gasteiger partial charge in [-0.2, -0.15) is 0 Å². The van der Waals surface area contributed by atoms with Gasteiger partial charge in [0, 0.05) is 0 Å². The molecule has 0 bridgehead atoms. The molecular formula is C18H18O6. The lowest BCUT2D eigenvalue weighted by molar-refractivity contribution is 0.0513. The predicted molar refractivity (Wildman–Crippen MR) is 86.7 cm³/mol. The Kier molecular flexibility index (Phi) is 5.78. The Morgan fingerprint density at radius 2 is 1.79 bits per heavy atom. The van der Waals surface area contributed by atoms with E-state index >= 15 is 0 Å². The molecule has 0 aliphatic rings. The summed E-state index contributed by atoms with van der Waals surface area (Å²) in [5.41, 5.74) is 0.606. The summed E-state index contributed by atoms with van der Waals surface area (Å²) in [4.78, 5) is 23.5. The number of methoxy groups -OCH3 is 1. The van der Waals surface area contributed by atoms with Crippen LogP contribution in [0, 0.1) is 0 Å². The molecule has 0 saturated carbocycles. The SMILES string of the molecule is CCOC(=O)c1cccc(OCc2ccc(OC)cc2)c1C(=O)O. The molecule has 0 radical (unpaired) electrons. The molecular weight excluding hydrogens is 312 g/mol. The Morgan fingerprint density at radius 3 is 2.38 bits per heavy atom. The number of rotatable bonds is 7. The lowest BCUT2D eigenvalue weighted by Gasteiger charge is -2.12. The average Bonchev–Trinajstić information content (AvgIpc) is 2.60. The van der Waals surface area contributed by atoms with E-state index in [1.807, 2.05) is 12.1 Å². The van der Waals surface area contributed by atoms with E-state index < -0.39 is 11.9 Å². The number of hydrogen-bond donors (Lipinski definition) is 1. The summed E-state index contributed by atoms with van der Waals surface area (Å²) < 4.78 is 15.6. The number of carboxylic acid groups (broad SMARTS) is 1. The number of hydrogen-bond acceptors (Lipinski definition) is 5. The summed E-state index contributed by atoms with van der Waals surface area (Å²) >= 11 is 0. The summed E-state index contributed by atoms with van der Waals surface area (Å²) in [5, 5.41) is 9.42. The highest BCUT2D eigenvalue weighted by Gasteiger charge is 2.22. The Hall–Kier alpha value is -3.02. The number of carbonyl (C=O) groups excluding carboxylic acids is 1. The van der Waals surface area contributed by atoms with E-state index in [1.54, 1.807) is 32.2 Å². The minimum Gasteiger partial charge on any atom is -0.497 e. The van der Waals surface area contributed by atoms with Gasteiger partial charge in [-0.25, -0.2) is 9.59 Å². The summed E-state index contributed by atoms with van der Waals surface area (Å²) in [7, 11) is 1.57. The molecule has 2 rings (SSSR count). The maximum atomic E-state index is 11.9. The van der Waals surface area contributed by atoms with E-state index in [-0.39, 0.29) is 30.1 Å². The first-order valence-corrected chi connectivity index (χ1v) is 7.36. The van der Waals surface area contributed by atoms with Gasteiger partial charge in [0.25, 0.3) is 0 Å². The number of carboxylic acids is 1. The summed E-state index contributed by atoms with van der Waals surface area (Å²) in [5.74, 6) is -1.11. The van der Waals surface area contributed by atoms with Crippen LogP contribution in [0.4, 0.5) is 0 Å². The maximum Gasteiger partial charge on any atom is 0.340 e. The fourth-order valence-electron chi connectivity index (χ4n) is 2.13. The molecule has 126 valence electrons. The van der Waals surface area contributed by atoms with Gasteiger partial charge in [-0.15, -0.1) is 0 Å². The molecule has 1 N–H and O–H groups in total. The van der Waals surface area contributed by atoms with Crippen LogP contribution in [0.5, 0.6) is 11.5 Å². The third kappa shape index (κ3) is 4.04. The van der Waals surface area contributed by atoms with Gasteiger partial charge in [0.2, 0.25) is 0 Å². The zero-order valence-electron chi connectivity index (χ0n) is 13.4. The van der Waals surface area contributed by atoms with Crippen LogP contribution in [0.25, 0.3) is 0 Å². The van der Waals surface area contributed by atoms with Crippen molar-refractivity contribution in [3.63, 3.8) is 0 Å². The van der Waals surface area contributed by atoms with Crippen LogP contribution in [0.2, 0.25) is 0 Å². The van der Waals surface area contributed by atoms with Gasteiger partial charge in [0.05, 0.1) is 19.3 Å². The molecule has 2 aromatic carbocycles. The van der Waals surface area contributed by atoms with Gasteiger partial charge < -0.3 is 19.3 Å². The van der Waals surface area contributed by atoms with Crippen LogP contribution >= 0.6 is 0 Å². The topological polar surface area (TPSA) is 82.1 Å². The number of benzene rings is 2. The van der Waals surface area contributed by atoms with Crippen LogP contribution in [0.1, 0.15) is 33.2 Å². The Labute approximate surface area is 139 Å². The minimum absolute atomic E-state index is 0.0309. The lowest BCUT2D eigenvalue weighted by atomic mass is 10.1. The second-order valence-electron chi connectivity index (χ2n) is 4.84. The second kappa shape index (κ2) is 8.01. The Morgan fingerprint density at radius 1 is 1.08 bits per heavy atom. The van der Waals surface area contributed by atoms with Crippen LogP contribution in [0.15, 0.2) is 42.5 Å². The first-order chi connectivity index (χ1) is 11.6. The molecule has 0 amide bonds. The number of esters is 1. The largest absolute Gasteiger partial charge is 0.497 e. The van der Waals surface area contributed by atoms with E-state index in [1.165, 1.54) is 12.1 Å². The molecule has 0 aliphatic carbocycles. The van der Waals surface area contributed by atoms with Crippen molar-refractivity contribution in [2.24, 2.45) is 0 Å². The molecule has 0 spiro atoms. The minimum atomic E-state index is -1.25. The average molecular weight is 330 g/mol. The molecule has 0 saturated heterocycles. The predicted octanol–water partition coefficient (Wildman–Crippen LogP) is 3.15. The van der Waals surface area contributed by atoms with Gasteiger partial charge in [0.1, 0.15) is 23.7 Å². The van der Waals surface area contributed by atoms with Gasteiger partial charge in [-0.1, -0.05) is 18.2 Å².